The summed E-state index contributed by atoms with van der Waals surface area (Å²) in [6.07, 6.45) is 10.1. The first-order chi connectivity index (χ1) is 9.78. The van der Waals surface area contributed by atoms with E-state index in [4.69, 9.17) is 5.11 Å². The van der Waals surface area contributed by atoms with Crippen molar-refractivity contribution in [3.63, 3.8) is 0 Å². The number of nitrogens with zero attached hydrogens (tertiary/aromatic N) is 1. The molecule has 0 radical (unpaired) electrons. The number of aliphatic hydroxyl groups is 1. The van der Waals surface area contributed by atoms with Crippen LogP contribution < -0.4 is 5.32 Å². The summed E-state index contributed by atoms with van der Waals surface area (Å²) in [6.45, 7) is 3.33. The Kier molecular flexibility index (Phi) is 6.80. The second kappa shape index (κ2) is 8.63. The van der Waals surface area contributed by atoms with E-state index in [0.29, 0.717) is 25.0 Å². The van der Waals surface area contributed by atoms with Crippen LogP contribution in [0.4, 0.5) is 0 Å². The first-order valence-electron chi connectivity index (χ1n) is 8.40. The average Bonchev–Trinajstić information content (AvgIpc) is 2.47. The van der Waals surface area contributed by atoms with Gasteiger partial charge in [-0.1, -0.05) is 19.3 Å². The van der Waals surface area contributed by atoms with E-state index in [1.807, 2.05) is 0 Å². The maximum Gasteiger partial charge on any atom is 0.221 e. The zero-order valence-corrected chi connectivity index (χ0v) is 12.6. The van der Waals surface area contributed by atoms with E-state index < -0.39 is 0 Å². The monoisotopic (exact) mass is 282 g/mol. The van der Waals surface area contributed by atoms with Gasteiger partial charge in [0.05, 0.1) is 0 Å². The Morgan fingerprint density at radius 1 is 1.15 bits per heavy atom. The van der Waals surface area contributed by atoms with Crippen LogP contribution in [-0.4, -0.2) is 48.2 Å². The molecule has 1 saturated heterocycles. The minimum absolute atomic E-state index is 0.223. The summed E-state index contributed by atoms with van der Waals surface area (Å²) in [4.78, 5) is 14.4. The molecule has 2 N–H and O–H groups in total. The Bertz CT molecular complexity index is 288. The highest BCUT2D eigenvalue weighted by Crippen LogP contribution is 2.20. The van der Waals surface area contributed by atoms with Crippen molar-refractivity contribution >= 4 is 5.91 Å². The fourth-order valence-corrected chi connectivity index (χ4v) is 3.58. The van der Waals surface area contributed by atoms with E-state index in [2.05, 4.69) is 10.2 Å². The lowest BCUT2D eigenvalue weighted by Gasteiger charge is -2.32. The van der Waals surface area contributed by atoms with Gasteiger partial charge in [0, 0.05) is 32.2 Å². The lowest BCUT2D eigenvalue weighted by atomic mass is 9.95. The van der Waals surface area contributed by atoms with Crippen LogP contribution in [0.15, 0.2) is 0 Å². The zero-order valence-electron chi connectivity index (χ0n) is 12.6. The third-order valence-electron chi connectivity index (χ3n) is 4.77. The second-order valence-electron chi connectivity index (χ2n) is 6.47. The number of rotatable bonds is 6. The molecular weight excluding hydrogens is 252 g/mol. The van der Waals surface area contributed by atoms with E-state index in [0.717, 1.165) is 38.9 Å². The number of carbonyl (C=O) groups excluding carboxylic acids is 1. The molecule has 1 atom stereocenters. The number of hydrogen-bond acceptors (Lipinski definition) is 3. The molecule has 1 amide bonds. The SMILES string of the molecule is O=C(CCN1CCCC(CCO)C1)NC1CCCCC1. The molecule has 1 unspecified atom stereocenters. The number of aliphatic hydroxyl groups excluding tert-OH is 1. The quantitative estimate of drug-likeness (QED) is 0.782. The van der Waals surface area contributed by atoms with E-state index in [1.165, 1.54) is 32.1 Å². The minimum Gasteiger partial charge on any atom is -0.396 e. The topological polar surface area (TPSA) is 52.6 Å². The van der Waals surface area contributed by atoms with Gasteiger partial charge in [-0.2, -0.15) is 0 Å². The molecule has 0 bridgehead atoms. The van der Waals surface area contributed by atoms with Crippen molar-refractivity contribution in [3.05, 3.63) is 0 Å². The molecule has 1 heterocycles. The number of likely N-dealkylation sites (tertiary alicyclic amines) is 1. The van der Waals surface area contributed by atoms with Crippen molar-refractivity contribution < 1.29 is 9.90 Å². The average molecular weight is 282 g/mol. The predicted molar refractivity (Wildman–Crippen MR) is 80.5 cm³/mol. The smallest absolute Gasteiger partial charge is 0.221 e. The highest BCUT2D eigenvalue weighted by Gasteiger charge is 2.20. The van der Waals surface area contributed by atoms with Crippen molar-refractivity contribution in [2.75, 3.05) is 26.2 Å². The Hall–Kier alpha value is -0.610. The van der Waals surface area contributed by atoms with Gasteiger partial charge < -0.3 is 15.3 Å². The number of carbonyl (C=O) groups is 1. The maximum atomic E-state index is 12.0. The van der Waals surface area contributed by atoms with Gasteiger partial charge in [-0.05, 0) is 44.6 Å². The lowest BCUT2D eigenvalue weighted by Crippen LogP contribution is -2.40. The van der Waals surface area contributed by atoms with Gasteiger partial charge in [-0.25, -0.2) is 0 Å². The molecule has 116 valence electrons. The molecule has 20 heavy (non-hydrogen) atoms. The summed E-state index contributed by atoms with van der Waals surface area (Å²) in [6, 6.07) is 0.430. The Labute approximate surface area is 122 Å². The molecule has 2 rings (SSSR count). The normalized spacial score (nSPS) is 25.6. The zero-order chi connectivity index (χ0) is 14.2. The Morgan fingerprint density at radius 3 is 2.70 bits per heavy atom. The van der Waals surface area contributed by atoms with Gasteiger partial charge in [-0.3, -0.25) is 4.79 Å². The highest BCUT2D eigenvalue weighted by molar-refractivity contribution is 5.76. The van der Waals surface area contributed by atoms with Gasteiger partial charge in [0.15, 0.2) is 0 Å². The van der Waals surface area contributed by atoms with E-state index in [-0.39, 0.29) is 5.91 Å². The maximum absolute atomic E-state index is 12.0. The van der Waals surface area contributed by atoms with Gasteiger partial charge in [0.25, 0.3) is 0 Å². The van der Waals surface area contributed by atoms with Crippen molar-refractivity contribution in [1.29, 1.82) is 0 Å². The first kappa shape index (κ1) is 15.8. The van der Waals surface area contributed by atoms with Crippen LogP contribution in [0.5, 0.6) is 0 Å². The van der Waals surface area contributed by atoms with Crippen molar-refractivity contribution in [1.82, 2.24) is 10.2 Å². The van der Waals surface area contributed by atoms with Crippen molar-refractivity contribution in [3.8, 4) is 0 Å². The second-order valence-corrected chi connectivity index (χ2v) is 6.47. The van der Waals surface area contributed by atoms with Gasteiger partial charge in [0.1, 0.15) is 0 Å². The van der Waals surface area contributed by atoms with Gasteiger partial charge in [0.2, 0.25) is 5.91 Å². The minimum atomic E-state index is 0.223. The summed E-state index contributed by atoms with van der Waals surface area (Å²) in [7, 11) is 0. The molecule has 4 nitrogen and oxygen atoms in total. The van der Waals surface area contributed by atoms with Crippen LogP contribution >= 0.6 is 0 Å². The van der Waals surface area contributed by atoms with E-state index in [9.17, 15) is 4.79 Å². The molecule has 0 spiro atoms. The van der Waals surface area contributed by atoms with E-state index in [1.54, 1.807) is 0 Å². The Balaban J connectivity index is 1.62. The van der Waals surface area contributed by atoms with Crippen LogP contribution in [0, 0.1) is 5.92 Å². The van der Waals surface area contributed by atoms with Crippen LogP contribution in [0.25, 0.3) is 0 Å². The first-order valence-corrected chi connectivity index (χ1v) is 8.40. The fourth-order valence-electron chi connectivity index (χ4n) is 3.58. The molecule has 1 aliphatic heterocycles. The fraction of sp³-hybridized carbons (Fsp3) is 0.938. The molecule has 4 heteroatoms. The molecule has 1 aliphatic carbocycles. The number of amides is 1. The summed E-state index contributed by atoms with van der Waals surface area (Å²) in [5, 5.41) is 12.2. The lowest BCUT2D eigenvalue weighted by molar-refractivity contribution is -0.122. The molecule has 1 saturated carbocycles. The predicted octanol–water partition coefficient (Wildman–Crippen LogP) is 1.92. The molecule has 2 aliphatic rings. The van der Waals surface area contributed by atoms with Crippen molar-refractivity contribution in [2.45, 2.75) is 63.8 Å². The largest absolute Gasteiger partial charge is 0.396 e. The number of piperidine rings is 1. The molecule has 0 aromatic rings. The van der Waals surface area contributed by atoms with Crippen LogP contribution in [0.2, 0.25) is 0 Å². The molecule has 0 aromatic carbocycles. The van der Waals surface area contributed by atoms with E-state index >= 15 is 0 Å². The molecular formula is C16H30N2O2. The Morgan fingerprint density at radius 2 is 1.95 bits per heavy atom. The number of hydrogen-bond donors (Lipinski definition) is 2. The van der Waals surface area contributed by atoms with Gasteiger partial charge >= 0.3 is 0 Å². The summed E-state index contributed by atoms with van der Waals surface area (Å²) in [5.74, 6) is 0.844. The summed E-state index contributed by atoms with van der Waals surface area (Å²) >= 11 is 0. The summed E-state index contributed by atoms with van der Waals surface area (Å²) < 4.78 is 0. The standard InChI is InChI=1S/C16H30N2O2/c19-12-9-14-5-4-10-18(13-14)11-8-16(20)17-15-6-2-1-3-7-15/h14-15,19H,1-13H2,(H,17,20). The van der Waals surface area contributed by atoms with Gasteiger partial charge in [-0.15, -0.1) is 0 Å². The third kappa shape index (κ3) is 5.41. The molecule has 2 fully saturated rings. The highest BCUT2D eigenvalue weighted by atomic mass is 16.3. The summed E-state index contributed by atoms with van der Waals surface area (Å²) in [5.41, 5.74) is 0. The van der Waals surface area contributed by atoms with Crippen molar-refractivity contribution in [2.24, 2.45) is 5.92 Å². The van der Waals surface area contributed by atoms with Crippen LogP contribution in [0.3, 0.4) is 0 Å². The molecule has 0 aromatic heterocycles. The third-order valence-corrected chi connectivity index (χ3v) is 4.77. The van der Waals surface area contributed by atoms with Crippen LogP contribution in [-0.2, 0) is 4.79 Å². The number of nitrogens with one attached hydrogen (secondary N) is 1. The van der Waals surface area contributed by atoms with Crippen LogP contribution in [0.1, 0.15) is 57.8 Å².